The number of hydrogen-bond donors (Lipinski definition) is 2. The second-order valence-corrected chi connectivity index (χ2v) is 3.75. The third-order valence-corrected chi connectivity index (χ3v) is 2.49. The molecular formula is C9H14N2OS. The number of thioether (sulfide) groups is 1. The van der Waals surface area contributed by atoms with E-state index in [1.165, 1.54) is 11.8 Å². The van der Waals surface area contributed by atoms with Gasteiger partial charge in [-0.1, -0.05) is 18.2 Å². The van der Waals surface area contributed by atoms with Crippen LogP contribution in [0.3, 0.4) is 0 Å². The molecule has 0 saturated carbocycles. The summed E-state index contributed by atoms with van der Waals surface area (Å²) in [5.74, 6) is 1.66. The van der Waals surface area contributed by atoms with E-state index in [1.54, 1.807) is 7.11 Å². The molecule has 0 fully saturated rings. The number of benzene rings is 1. The molecule has 1 rings (SSSR count). The van der Waals surface area contributed by atoms with Crippen LogP contribution in [0.25, 0.3) is 0 Å². The largest absolute Gasteiger partial charge is 0.496 e. The van der Waals surface area contributed by atoms with Crippen molar-refractivity contribution in [1.82, 2.24) is 0 Å². The fourth-order valence-corrected chi connectivity index (χ4v) is 1.62. The van der Waals surface area contributed by atoms with Crippen molar-refractivity contribution in [2.45, 2.75) is 11.3 Å². The number of nitrogens with two attached hydrogens (primary N) is 2. The number of rotatable bonds is 4. The number of methoxy groups -OCH3 is 1. The Kier molecular flexibility index (Phi) is 4.08. The van der Waals surface area contributed by atoms with Crippen LogP contribution in [-0.2, 0) is 5.75 Å². The van der Waals surface area contributed by atoms with E-state index in [-0.39, 0.29) is 5.50 Å². The van der Waals surface area contributed by atoms with Crippen molar-refractivity contribution in [1.29, 1.82) is 0 Å². The van der Waals surface area contributed by atoms with E-state index in [0.717, 1.165) is 17.1 Å². The van der Waals surface area contributed by atoms with Crippen LogP contribution >= 0.6 is 11.8 Å². The highest BCUT2D eigenvalue weighted by molar-refractivity contribution is 7.99. The second kappa shape index (κ2) is 5.11. The van der Waals surface area contributed by atoms with Crippen molar-refractivity contribution in [3.8, 4) is 5.75 Å². The Morgan fingerprint density at radius 3 is 2.69 bits per heavy atom. The van der Waals surface area contributed by atoms with Gasteiger partial charge in [-0.25, -0.2) is 0 Å². The van der Waals surface area contributed by atoms with Crippen LogP contribution < -0.4 is 16.2 Å². The third kappa shape index (κ3) is 3.26. The summed E-state index contributed by atoms with van der Waals surface area (Å²) in [5, 5.41) is 0. The van der Waals surface area contributed by atoms with E-state index >= 15 is 0 Å². The predicted octanol–water partition coefficient (Wildman–Crippen LogP) is 1.13. The summed E-state index contributed by atoms with van der Waals surface area (Å²) in [7, 11) is 1.66. The van der Waals surface area contributed by atoms with Gasteiger partial charge in [0.25, 0.3) is 0 Å². The first-order valence-corrected chi connectivity index (χ1v) is 5.03. The second-order valence-electron chi connectivity index (χ2n) is 2.59. The van der Waals surface area contributed by atoms with Crippen molar-refractivity contribution in [2.24, 2.45) is 11.5 Å². The van der Waals surface area contributed by atoms with Gasteiger partial charge in [0.2, 0.25) is 0 Å². The molecule has 0 amide bonds. The zero-order valence-corrected chi connectivity index (χ0v) is 8.38. The van der Waals surface area contributed by atoms with Gasteiger partial charge in [-0.3, -0.25) is 0 Å². The summed E-state index contributed by atoms with van der Waals surface area (Å²) in [6.07, 6.45) is 0. The summed E-state index contributed by atoms with van der Waals surface area (Å²) in [6.45, 7) is 0. The van der Waals surface area contributed by atoms with Crippen molar-refractivity contribution in [3.05, 3.63) is 29.8 Å². The maximum Gasteiger partial charge on any atom is 0.122 e. The van der Waals surface area contributed by atoms with Crippen LogP contribution in [0.2, 0.25) is 0 Å². The molecule has 0 bridgehead atoms. The van der Waals surface area contributed by atoms with E-state index in [2.05, 4.69) is 0 Å². The fraction of sp³-hybridized carbons (Fsp3) is 0.333. The normalized spacial score (nSPS) is 10.5. The number of ether oxygens (including phenoxy) is 1. The Morgan fingerprint density at radius 1 is 1.38 bits per heavy atom. The molecule has 4 heteroatoms. The molecule has 0 aliphatic heterocycles. The molecule has 0 saturated heterocycles. The molecule has 0 aliphatic carbocycles. The average Bonchev–Trinajstić information content (AvgIpc) is 2.15. The lowest BCUT2D eigenvalue weighted by atomic mass is 10.2. The first-order valence-electron chi connectivity index (χ1n) is 3.98. The van der Waals surface area contributed by atoms with Crippen LogP contribution in [0.4, 0.5) is 0 Å². The smallest absolute Gasteiger partial charge is 0.122 e. The van der Waals surface area contributed by atoms with Crippen LogP contribution in [0.1, 0.15) is 5.56 Å². The van der Waals surface area contributed by atoms with Gasteiger partial charge in [-0.05, 0) is 6.07 Å². The van der Waals surface area contributed by atoms with Crippen LogP contribution in [0.15, 0.2) is 24.3 Å². The molecule has 0 spiro atoms. The quantitative estimate of drug-likeness (QED) is 0.712. The van der Waals surface area contributed by atoms with Crippen molar-refractivity contribution < 1.29 is 4.74 Å². The van der Waals surface area contributed by atoms with Crippen molar-refractivity contribution in [3.63, 3.8) is 0 Å². The Hall–Kier alpha value is -0.710. The lowest BCUT2D eigenvalue weighted by molar-refractivity contribution is 0.411. The Balaban J connectivity index is 2.64. The molecule has 72 valence electrons. The Morgan fingerprint density at radius 2 is 2.08 bits per heavy atom. The van der Waals surface area contributed by atoms with E-state index in [4.69, 9.17) is 16.2 Å². The van der Waals surface area contributed by atoms with Crippen LogP contribution in [0.5, 0.6) is 5.75 Å². The molecule has 1 aromatic rings. The van der Waals surface area contributed by atoms with Crippen LogP contribution in [-0.4, -0.2) is 12.6 Å². The Labute approximate surface area is 82.4 Å². The lowest BCUT2D eigenvalue weighted by Gasteiger charge is -2.08. The monoisotopic (exact) mass is 198 g/mol. The zero-order valence-electron chi connectivity index (χ0n) is 7.57. The van der Waals surface area contributed by atoms with Gasteiger partial charge in [-0.2, -0.15) is 0 Å². The van der Waals surface area contributed by atoms with E-state index < -0.39 is 0 Å². The molecule has 0 atom stereocenters. The van der Waals surface area contributed by atoms with Gasteiger partial charge < -0.3 is 16.2 Å². The molecule has 1 aromatic carbocycles. The minimum absolute atomic E-state index is 0.329. The van der Waals surface area contributed by atoms with E-state index in [0.29, 0.717) is 0 Å². The third-order valence-electron chi connectivity index (χ3n) is 1.62. The highest BCUT2D eigenvalue weighted by Crippen LogP contribution is 2.22. The first-order chi connectivity index (χ1) is 6.24. The summed E-state index contributed by atoms with van der Waals surface area (Å²) in [5.41, 5.74) is 11.7. The van der Waals surface area contributed by atoms with Gasteiger partial charge in [0.05, 0.1) is 7.11 Å². The summed E-state index contributed by atoms with van der Waals surface area (Å²) in [4.78, 5) is 0. The lowest BCUT2D eigenvalue weighted by Crippen LogP contribution is -2.26. The minimum Gasteiger partial charge on any atom is -0.496 e. The molecular weight excluding hydrogens is 184 g/mol. The van der Waals surface area contributed by atoms with Gasteiger partial charge in [0.15, 0.2) is 0 Å². The molecule has 0 aromatic heterocycles. The predicted molar refractivity (Wildman–Crippen MR) is 56.5 cm³/mol. The summed E-state index contributed by atoms with van der Waals surface area (Å²) >= 11 is 1.49. The molecule has 0 unspecified atom stereocenters. The zero-order chi connectivity index (χ0) is 9.68. The van der Waals surface area contributed by atoms with Gasteiger partial charge >= 0.3 is 0 Å². The summed E-state index contributed by atoms with van der Waals surface area (Å²) < 4.78 is 5.18. The maximum absolute atomic E-state index is 5.43. The molecule has 13 heavy (non-hydrogen) atoms. The first kappa shape index (κ1) is 10.4. The molecule has 0 aliphatic rings. The fourth-order valence-electron chi connectivity index (χ4n) is 1.01. The van der Waals surface area contributed by atoms with E-state index in [1.807, 2.05) is 24.3 Å². The van der Waals surface area contributed by atoms with E-state index in [9.17, 15) is 0 Å². The highest BCUT2D eigenvalue weighted by atomic mass is 32.2. The maximum atomic E-state index is 5.43. The molecule has 0 radical (unpaired) electrons. The molecule has 3 nitrogen and oxygen atoms in total. The number of para-hydroxylation sites is 1. The van der Waals surface area contributed by atoms with Crippen LogP contribution in [0, 0.1) is 0 Å². The highest BCUT2D eigenvalue weighted by Gasteiger charge is 2.02. The Bertz CT molecular complexity index is 266. The average molecular weight is 198 g/mol. The van der Waals surface area contributed by atoms with Gasteiger partial charge in [0, 0.05) is 11.3 Å². The molecule has 4 N–H and O–H groups in total. The van der Waals surface area contributed by atoms with Crippen molar-refractivity contribution in [2.75, 3.05) is 7.11 Å². The van der Waals surface area contributed by atoms with Crippen molar-refractivity contribution >= 4 is 11.8 Å². The SMILES string of the molecule is COc1ccccc1CSC(N)N. The summed E-state index contributed by atoms with van der Waals surface area (Å²) in [6, 6.07) is 7.85. The topological polar surface area (TPSA) is 61.3 Å². The van der Waals surface area contributed by atoms with Gasteiger partial charge in [-0.15, -0.1) is 11.8 Å². The number of hydrogen-bond acceptors (Lipinski definition) is 4. The molecule has 0 heterocycles. The minimum atomic E-state index is -0.329. The van der Waals surface area contributed by atoms with Gasteiger partial charge in [0.1, 0.15) is 11.2 Å². The standard InChI is InChI=1S/C9H14N2OS/c1-12-8-5-3-2-4-7(8)6-13-9(10)11/h2-5,9H,6,10-11H2,1H3.